The van der Waals surface area contributed by atoms with Crippen molar-refractivity contribution in [1.82, 2.24) is 29.5 Å². The van der Waals surface area contributed by atoms with E-state index in [4.69, 9.17) is 0 Å². The number of imidazole rings is 1. The lowest BCUT2D eigenvalue weighted by Crippen LogP contribution is -2.48. The van der Waals surface area contributed by atoms with Crippen LogP contribution in [0, 0.1) is 0 Å². The number of aromatic nitrogens is 4. The maximum atomic E-state index is 13.3. The second-order valence-electron chi connectivity index (χ2n) is 8.00. The number of carbonyl (C=O) groups is 2. The summed E-state index contributed by atoms with van der Waals surface area (Å²) < 4.78 is 3.87. The highest BCUT2D eigenvalue weighted by Crippen LogP contribution is 2.10. The third-order valence-corrected chi connectivity index (χ3v) is 5.75. The van der Waals surface area contributed by atoms with Crippen LogP contribution in [-0.4, -0.2) is 30.5 Å². The van der Waals surface area contributed by atoms with E-state index in [1.807, 2.05) is 56.3 Å². The molecule has 0 aliphatic heterocycles. The van der Waals surface area contributed by atoms with Gasteiger partial charge in [0, 0.05) is 12.1 Å². The van der Waals surface area contributed by atoms with Crippen LogP contribution >= 0.6 is 0 Å². The summed E-state index contributed by atoms with van der Waals surface area (Å²) >= 11 is 0. The van der Waals surface area contributed by atoms with Crippen LogP contribution in [0.25, 0.3) is 11.2 Å². The number of nitrogens with zero attached hydrogens (tertiary/aromatic N) is 4. The topological polar surface area (TPSA) is 120 Å². The molecule has 0 bridgehead atoms. The summed E-state index contributed by atoms with van der Waals surface area (Å²) in [6.07, 6.45) is 2.35. The van der Waals surface area contributed by atoms with Gasteiger partial charge in [-0.25, -0.2) is 14.3 Å². The minimum absolute atomic E-state index is 0.184. The number of hydrogen-bond acceptors (Lipinski definition) is 5. The molecule has 10 heteroatoms. The molecule has 2 aromatic carbocycles. The van der Waals surface area contributed by atoms with Crippen molar-refractivity contribution in [1.29, 1.82) is 0 Å². The van der Waals surface area contributed by atoms with Crippen molar-refractivity contribution >= 4 is 23.0 Å². The third kappa shape index (κ3) is 4.91. The molecule has 0 fully saturated rings. The van der Waals surface area contributed by atoms with Crippen LogP contribution in [0.1, 0.15) is 35.3 Å². The molecule has 2 N–H and O–H groups in total. The number of fused-ring (bicyclic) bond motifs is 1. The van der Waals surface area contributed by atoms with Crippen LogP contribution in [0.15, 0.2) is 70.5 Å². The molecule has 2 aromatic heterocycles. The van der Waals surface area contributed by atoms with Crippen molar-refractivity contribution < 1.29 is 9.59 Å². The maximum absolute atomic E-state index is 13.3. The van der Waals surface area contributed by atoms with Gasteiger partial charge < -0.3 is 4.57 Å². The predicted octanol–water partition coefficient (Wildman–Crippen LogP) is 1.45. The summed E-state index contributed by atoms with van der Waals surface area (Å²) in [5, 5.41) is 0. The largest absolute Gasteiger partial charge is 0.333 e. The van der Waals surface area contributed by atoms with E-state index in [9.17, 15) is 19.2 Å². The van der Waals surface area contributed by atoms with Crippen molar-refractivity contribution in [3.63, 3.8) is 0 Å². The molecular weight excluding hydrogens is 448 g/mol. The van der Waals surface area contributed by atoms with Gasteiger partial charge in [0.15, 0.2) is 11.2 Å². The zero-order valence-corrected chi connectivity index (χ0v) is 19.5. The van der Waals surface area contributed by atoms with E-state index in [0.717, 1.165) is 22.1 Å². The molecule has 2 amide bonds. The summed E-state index contributed by atoms with van der Waals surface area (Å²) in [5.74, 6) is -1.22. The Kier molecular flexibility index (Phi) is 6.91. The van der Waals surface area contributed by atoms with Gasteiger partial charge in [0.05, 0.1) is 12.9 Å². The molecule has 0 aliphatic carbocycles. The van der Waals surface area contributed by atoms with Crippen LogP contribution < -0.4 is 22.1 Å². The molecule has 0 spiro atoms. The van der Waals surface area contributed by atoms with Crippen LogP contribution in [0.3, 0.4) is 0 Å². The van der Waals surface area contributed by atoms with Gasteiger partial charge in [-0.1, -0.05) is 49.4 Å². The van der Waals surface area contributed by atoms with Crippen LogP contribution in [0.2, 0.25) is 0 Å². The summed E-state index contributed by atoms with van der Waals surface area (Å²) in [5.41, 5.74) is 6.11. The van der Waals surface area contributed by atoms with Crippen molar-refractivity contribution in [3.05, 3.63) is 98.5 Å². The first-order valence-corrected chi connectivity index (χ1v) is 11.3. The second kappa shape index (κ2) is 10.2. The number of hydrogen-bond donors (Lipinski definition) is 2. The molecule has 0 saturated heterocycles. The quantitative estimate of drug-likeness (QED) is 0.393. The third-order valence-electron chi connectivity index (χ3n) is 5.75. The van der Waals surface area contributed by atoms with Gasteiger partial charge in [-0.3, -0.25) is 29.8 Å². The lowest BCUT2D eigenvalue weighted by Gasteiger charge is -2.13. The Morgan fingerprint density at radius 3 is 2.26 bits per heavy atom. The highest BCUT2D eigenvalue weighted by Gasteiger charge is 2.20. The first-order chi connectivity index (χ1) is 16.9. The number of benzene rings is 2. The molecule has 0 unspecified atom stereocenters. The average molecular weight is 475 g/mol. The molecule has 0 aliphatic rings. The van der Waals surface area contributed by atoms with Gasteiger partial charge in [0.1, 0.15) is 6.54 Å². The Morgan fingerprint density at radius 1 is 0.886 bits per heavy atom. The van der Waals surface area contributed by atoms with E-state index in [1.54, 1.807) is 16.7 Å². The second-order valence-corrected chi connectivity index (χ2v) is 8.00. The van der Waals surface area contributed by atoms with E-state index >= 15 is 0 Å². The highest BCUT2D eigenvalue weighted by atomic mass is 16.2. The SMILES string of the molecule is CCc1ccc(C(=O)NNC(=O)Cn2c(=O)c3c(ncn3CC)n(Cc3ccccc3)c2=O)cc1. The Bertz CT molecular complexity index is 1480. The first-order valence-electron chi connectivity index (χ1n) is 11.3. The molecule has 2 heterocycles. The van der Waals surface area contributed by atoms with Crippen LogP contribution in [0.5, 0.6) is 0 Å². The fourth-order valence-electron chi connectivity index (χ4n) is 3.80. The average Bonchev–Trinajstić information content (AvgIpc) is 3.32. The molecule has 180 valence electrons. The van der Waals surface area contributed by atoms with E-state index in [2.05, 4.69) is 15.8 Å². The zero-order chi connectivity index (χ0) is 24.9. The fourth-order valence-corrected chi connectivity index (χ4v) is 3.80. The van der Waals surface area contributed by atoms with Gasteiger partial charge >= 0.3 is 5.69 Å². The van der Waals surface area contributed by atoms with E-state index in [-0.39, 0.29) is 17.7 Å². The number of aryl methyl sites for hydroxylation is 2. The monoisotopic (exact) mass is 474 g/mol. The van der Waals surface area contributed by atoms with Gasteiger partial charge in [0.25, 0.3) is 17.4 Å². The summed E-state index contributed by atoms with van der Waals surface area (Å²) in [6, 6.07) is 16.3. The lowest BCUT2D eigenvalue weighted by atomic mass is 10.1. The predicted molar refractivity (Wildman–Crippen MR) is 131 cm³/mol. The molecule has 10 nitrogen and oxygen atoms in total. The molecular formula is C25H26N6O4. The number of carbonyl (C=O) groups excluding carboxylic acids is 2. The maximum Gasteiger partial charge on any atom is 0.333 e. The lowest BCUT2D eigenvalue weighted by molar-refractivity contribution is -0.122. The minimum Gasteiger partial charge on any atom is -0.325 e. The zero-order valence-electron chi connectivity index (χ0n) is 19.5. The van der Waals surface area contributed by atoms with E-state index in [0.29, 0.717) is 12.1 Å². The molecule has 0 atom stereocenters. The smallest absolute Gasteiger partial charge is 0.325 e. The molecule has 0 radical (unpaired) electrons. The van der Waals surface area contributed by atoms with Crippen molar-refractivity contribution in [3.8, 4) is 0 Å². The van der Waals surface area contributed by atoms with Gasteiger partial charge in [-0.05, 0) is 36.6 Å². The number of nitrogens with one attached hydrogen (secondary N) is 2. The summed E-state index contributed by atoms with van der Waals surface area (Å²) in [4.78, 5) is 55.7. The van der Waals surface area contributed by atoms with Crippen molar-refractivity contribution in [2.75, 3.05) is 0 Å². The summed E-state index contributed by atoms with van der Waals surface area (Å²) in [7, 11) is 0. The number of amides is 2. The normalized spacial score (nSPS) is 10.9. The van der Waals surface area contributed by atoms with Gasteiger partial charge in [-0.2, -0.15) is 0 Å². The van der Waals surface area contributed by atoms with Gasteiger partial charge in [0.2, 0.25) is 0 Å². The fraction of sp³-hybridized carbons (Fsp3) is 0.240. The van der Waals surface area contributed by atoms with Crippen molar-refractivity contribution in [2.45, 2.75) is 39.9 Å². The van der Waals surface area contributed by atoms with Crippen molar-refractivity contribution in [2.24, 2.45) is 0 Å². The summed E-state index contributed by atoms with van der Waals surface area (Å²) in [6.45, 7) is 3.95. The standard InChI is InChI=1S/C25H26N6O4/c1-3-17-10-12-19(13-11-17)23(33)28-27-20(32)15-31-24(34)21-22(26-16-29(21)4-2)30(25(31)35)14-18-8-6-5-7-9-18/h5-13,16H,3-4,14-15H2,1-2H3,(H,27,32)(H,28,33). The Morgan fingerprint density at radius 2 is 1.60 bits per heavy atom. The Hall–Kier alpha value is -4.47. The first kappa shape index (κ1) is 23.7. The molecule has 0 saturated carbocycles. The highest BCUT2D eigenvalue weighted by molar-refractivity contribution is 5.95. The number of rotatable bonds is 7. The van der Waals surface area contributed by atoms with Gasteiger partial charge in [-0.15, -0.1) is 0 Å². The van der Waals surface area contributed by atoms with Crippen LogP contribution in [-0.2, 0) is 30.8 Å². The molecule has 35 heavy (non-hydrogen) atoms. The molecule has 4 aromatic rings. The molecule has 4 rings (SSSR count). The Balaban J connectivity index is 1.60. The van der Waals surface area contributed by atoms with Crippen LogP contribution in [0.4, 0.5) is 0 Å². The van der Waals surface area contributed by atoms with E-state index < -0.39 is 29.6 Å². The number of hydrazine groups is 1. The minimum atomic E-state index is -0.712. The van der Waals surface area contributed by atoms with E-state index in [1.165, 1.54) is 10.9 Å². The Labute approximate surface area is 200 Å².